The number of hydrogen-bond acceptors (Lipinski definition) is 2. The van der Waals surface area contributed by atoms with Crippen LogP contribution in [0.2, 0.25) is 0 Å². The Balaban J connectivity index is 2.50. The molecular formula is C11H13BrFNO. The minimum absolute atomic E-state index is 0.301. The van der Waals surface area contributed by atoms with Crippen LogP contribution < -0.4 is 9.64 Å². The summed E-state index contributed by atoms with van der Waals surface area (Å²) in [5.74, 6) is 0.0721. The molecule has 0 bridgehead atoms. The number of ether oxygens (including phenoxy) is 1. The highest BCUT2D eigenvalue weighted by molar-refractivity contribution is 9.10. The fourth-order valence-electron chi connectivity index (χ4n) is 1.81. The maximum atomic E-state index is 13.6. The SMILES string of the molecule is CC(C)N1CCOc2c(F)cc(Br)cc21. The van der Waals surface area contributed by atoms with E-state index in [9.17, 15) is 4.39 Å². The summed E-state index contributed by atoms with van der Waals surface area (Å²) < 4.78 is 19.7. The number of hydrogen-bond donors (Lipinski definition) is 0. The maximum Gasteiger partial charge on any atom is 0.178 e. The molecule has 2 rings (SSSR count). The predicted molar refractivity (Wildman–Crippen MR) is 62.1 cm³/mol. The van der Waals surface area contributed by atoms with Crippen LogP contribution in [-0.2, 0) is 0 Å². The van der Waals surface area contributed by atoms with Gasteiger partial charge in [0.05, 0.1) is 12.2 Å². The molecule has 82 valence electrons. The van der Waals surface area contributed by atoms with Crippen LogP contribution in [0.4, 0.5) is 10.1 Å². The molecular weight excluding hydrogens is 261 g/mol. The number of nitrogens with zero attached hydrogens (tertiary/aromatic N) is 1. The highest BCUT2D eigenvalue weighted by Gasteiger charge is 2.23. The van der Waals surface area contributed by atoms with E-state index in [-0.39, 0.29) is 5.82 Å². The molecule has 0 saturated heterocycles. The number of anilines is 1. The second-order valence-electron chi connectivity index (χ2n) is 3.87. The van der Waals surface area contributed by atoms with Crippen LogP contribution in [0.3, 0.4) is 0 Å². The van der Waals surface area contributed by atoms with Crippen LogP contribution in [0, 0.1) is 5.82 Å². The molecule has 0 radical (unpaired) electrons. The van der Waals surface area contributed by atoms with Crippen molar-refractivity contribution in [3.63, 3.8) is 0 Å². The second kappa shape index (κ2) is 4.00. The van der Waals surface area contributed by atoms with Gasteiger partial charge in [0, 0.05) is 10.5 Å². The Morgan fingerprint density at radius 1 is 1.47 bits per heavy atom. The van der Waals surface area contributed by atoms with E-state index in [0.717, 1.165) is 16.7 Å². The minimum atomic E-state index is -0.301. The van der Waals surface area contributed by atoms with E-state index in [2.05, 4.69) is 34.7 Å². The molecule has 0 aliphatic carbocycles. The summed E-state index contributed by atoms with van der Waals surface area (Å²) in [6.45, 7) is 5.53. The third-order valence-corrected chi connectivity index (χ3v) is 2.96. The first-order chi connectivity index (χ1) is 7.09. The van der Waals surface area contributed by atoms with E-state index < -0.39 is 0 Å². The molecule has 1 aliphatic rings. The molecule has 1 aliphatic heterocycles. The first-order valence-corrected chi connectivity index (χ1v) is 5.77. The Kier molecular flexibility index (Phi) is 2.87. The van der Waals surface area contributed by atoms with Crippen molar-refractivity contribution in [1.82, 2.24) is 0 Å². The molecule has 1 aromatic carbocycles. The average Bonchev–Trinajstić information content (AvgIpc) is 2.16. The molecule has 2 nitrogen and oxygen atoms in total. The topological polar surface area (TPSA) is 12.5 Å². The van der Waals surface area contributed by atoms with Gasteiger partial charge in [-0.25, -0.2) is 4.39 Å². The van der Waals surface area contributed by atoms with Gasteiger partial charge >= 0.3 is 0 Å². The van der Waals surface area contributed by atoms with Crippen LogP contribution in [0.5, 0.6) is 5.75 Å². The van der Waals surface area contributed by atoms with Crippen molar-refractivity contribution in [2.75, 3.05) is 18.1 Å². The maximum absolute atomic E-state index is 13.6. The zero-order chi connectivity index (χ0) is 11.0. The fourth-order valence-corrected chi connectivity index (χ4v) is 2.22. The van der Waals surface area contributed by atoms with Gasteiger partial charge in [-0.2, -0.15) is 0 Å². The summed E-state index contributed by atoms with van der Waals surface area (Å²) in [6.07, 6.45) is 0. The summed E-state index contributed by atoms with van der Waals surface area (Å²) in [5.41, 5.74) is 0.836. The van der Waals surface area contributed by atoms with Crippen LogP contribution >= 0.6 is 15.9 Å². The van der Waals surface area contributed by atoms with Crippen molar-refractivity contribution in [2.45, 2.75) is 19.9 Å². The van der Waals surface area contributed by atoms with Gasteiger partial charge in [0.1, 0.15) is 6.61 Å². The van der Waals surface area contributed by atoms with Crippen LogP contribution in [-0.4, -0.2) is 19.2 Å². The van der Waals surface area contributed by atoms with E-state index in [1.54, 1.807) is 0 Å². The Morgan fingerprint density at radius 2 is 2.20 bits per heavy atom. The standard InChI is InChI=1S/C11H13BrFNO/c1-7(2)14-3-4-15-11-9(13)5-8(12)6-10(11)14/h5-7H,3-4H2,1-2H3. The Labute approximate surface area is 97.2 Å². The lowest BCUT2D eigenvalue weighted by atomic mass is 10.2. The van der Waals surface area contributed by atoms with E-state index in [4.69, 9.17) is 4.74 Å². The van der Waals surface area contributed by atoms with Gasteiger partial charge in [0.25, 0.3) is 0 Å². The van der Waals surface area contributed by atoms with Gasteiger partial charge in [0.2, 0.25) is 0 Å². The first-order valence-electron chi connectivity index (χ1n) is 4.98. The number of rotatable bonds is 1. The second-order valence-corrected chi connectivity index (χ2v) is 4.79. The van der Waals surface area contributed by atoms with Gasteiger partial charge in [-0.15, -0.1) is 0 Å². The summed E-state index contributed by atoms with van der Waals surface area (Å²) in [6, 6.07) is 3.68. The monoisotopic (exact) mass is 273 g/mol. The predicted octanol–water partition coefficient (Wildman–Crippen LogP) is 3.20. The van der Waals surface area contributed by atoms with Crippen molar-refractivity contribution in [2.24, 2.45) is 0 Å². The van der Waals surface area contributed by atoms with Crippen molar-refractivity contribution in [1.29, 1.82) is 0 Å². The van der Waals surface area contributed by atoms with Crippen molar-refractivity contribution < 1.29 is 9.13 Å². The van der Waals surface area contributed by atoms with Gasteiger partial charge in [-0.05, 0) is 26.0 Å². The van der Waals surface area contributed by atoms with E-state index in [1.165, 1.54) is 6.07 Å². The highest BCUT2D eigenvalue weighted by atomic mass is 79.9. The molecule has 0 amide bonds. The summed E-state index contributed by atoms with van der Waals surface area (Å²) in [7, 11) is 0. The third-order valence-electron chi connectivity index (χ3n) is 2.50. The highest BCUT2D eigenvalue weighted by Crippen LogP contribution is 2.37. The molecule has 0 spiro atoms. The van der Waals surface area contributed by atoms with Crippen LogP contribution in [0.1, 0.15) is 13.8 Å². The van der Waals surface area contributed by atoms with E-state index >= 15 is 0 Å². The Morgan fingerprint density at radius 3 is 2.87 bits per heavy atom. The lowest BCUT2D eigenvalue weighted by Gasteiger charge is -2.34. The van der Waals surface area contributed by atoms with E-state index in [1.807, 2.05) is 6.07 Å². The number of fused-ring (bicyclic) bond motifs is 1. The van der Waals surface area contributed by atoms with Gasteiger partial charge < -0.3 is 9.64 Å². The number of benzene rings is 1. The lowest BCUT2D eigenvalue weighted by molar-refractivity contribution is 0.287. The first kappa shape index (κ1) is 10.7. The molecule has 0 unspecified atom stereocenters. The zero-order valence-corrected chi connectivity index (χ0v) is 10.3. The minimum Gasteiger partial charge on any atom is -0.486 e. The Hall–Kier alpha value is -0.770. The van der Waals surface area contributed by atoms with Gasteiger partial charge in [-0.3, -0.25) is 0 Å². The molecule has 0 saturated carbocycles. The Bertz CT molecular complexity index is 381. The summed E-state index contributed by atoms with van der Waals surface area (Å²) in [4.78, 5) is 2.15. The fraction of sp³-hybridized carbons (Fsp3) is 0.455. The molecule has 0 atom stereocenters. The summed E-state index contributed by atoms with van der Waals surface area (Å²) >= 11 is 3.30. The summed E-state index contributed by atoms with van der Waals surface area (Å²) in [5, 5.41) is 0. The molecule has 15 heavy (non-hydrogen) atoms. The molecule has 0 fully saturated rings. The molecule has 4 heteroatoms. The average molecular weight is 274 g/mol. The quantitative estimate of drug-likeness (QED) is 0.779. The largest absolute Gasteiger partial charge is 0.486 e. The third kappa shape index (κ3) is 1.95. The lowest BCUT2D eigenvalue weighted by Crippen LogP contribution is -2.38. The van der Waals surface area contributed by atoms with Gasteiger partial charge in [0.15, 0.2) is 11.6 Å². The van der Waals surface area contributed by atoms with Crippen molar-refractivity contribution >= 4 is 21.6 Å². The molecule has 1 heterocycles. The van der Waals surface area contributed by atoms with Gasteiger partial charge in [-0.1, -0.05) is 15.9 Å². The smallest absolute Gasteiger partial charge is 0.178 e. The number of halogens is 2. The van der Waals surface area contributed by atoms with Crippen LogP contribution in [0.25, 0.3) is 0 Å². The molecule has 1 aromatic rings. The normalized spacial score (nSPS) is 15.1. The van der Waals surface area contributed by atoms with Crippen molar-refractivity contribution in [3.05, 3.63) is 22.4 Å². The van der Waals surface area contributed by atoms with E-state index in [0.29, 0.717) is 18.4 Å². The molecule has 0 N–H and O–H groups in total. The van der Waals surface area contributed by atoms with Crippen LogP contribution in [0.15, 0.2) is 16.6 Å². The van der Waals surface area contributed by atoms with Crippen molar-refractivity contribution in [3.8, 4) is 5.75 Å². The zero-order valence-electron chi connectivity index (χ0n) is 8.76. The molecule has 0 aromatic heterocycles.